The molecule has 0 bridgehead atoms. The number of methoxy groups -OCH3 is 1. The van der Waals surface area contributed by atoms with E-state index in [-0.39, 0.29) is 22.3 Å². The van der Waals surface area contributed by atoms with Gasteiger partial charge in [0.1, 0.15) is 11.3 Å². The van der Waals surface area contributed by atoms with E-state index in [1.165, 1.54) is 19.2 Å². The van der Waals surface area contributed by atoms with Crippen molar-refractivity contribution >= 4 is 16.0 Å². The fraction of sp³-hybridized carbons (Fsp3) is 0.462. The van der Waals surface area contributed by atoms with Crippen LogP contribution in [-0.2, 0) is 10.0 Å². The number of carboxylic acids is 1. The van der Waals surface area contributed by atoms with E-state index in [2.05, 4.69) is 4.72 Å². The third-order valence-electron chi connectivity index (χ3n) is 3.02. The van der Waals surface area contributed by atoms with Crippen molar-refractivity contribution in [1.29, 1.82) is 0 Å². The lowest BCUT2D eigenvalue weighted by Crippen LogP contribution is -2.33. The first-order valence-electron chi connectivity index (χ1n) is 6.29. The van der Waals surface area contributed by atoms with Gasteiger partial charge < -0.3 is 9.84 Å². The molecule has 0 spiro atoms. The summed E-state index contributed by atoms with van der Waals surface area (Å²) in [5.74, 6) is -1.11. The number of ether oxygens (including phenoxy) is 1. The topological polar surface area (TPSA) is 92.7 Å². The summed E-state index contributed by atoms with van der Waals surface area (Å²) in [6.45, 7) is 3.76. The molecule has 0 radical (unpaired) electrons. The van der Waals surface area contributed by atoms with Crippen LogP contribution in [0.25, 0.3) is 0 Å². The number of benzene rings is 1. The zero-order chi connectivity index (χ0) is 15.3. The molecule has 1 rings (SSSR count). The second-order valence-corrected chi connectivity index (χ2v) is 6.02. The number of carboxylic acid groups (broad SMARTS) is 1. The Kier molecular flexibility index (Phi) is 5.52. The van der Waals surface area contributed by atoms with Crippen molar-refractivity contribution in [3.63, 3.8) is 0 Å². The summed E-state index contributed by atoms with van der Waals surface area (Å²) in [6, 6.07) is 3.60. The Morgan fingerprint density at radius 1 is 1.35 bits per heavy atom. The van der Waals surface area contributed by atoms with Gasteiger partial charge in [0, 0.05) is 6.04 Å². The van der Waals surface area contributed by atoms with Crippen molar-refractivity contribution in [2.45, 2.75) is 37.6 Å². The van der Waals surface area contributed by atoms with E-state index in [9.17, 15) is 13.2 Å². The predicted molar refractivity (Wildman–Crippen MR) is 74.6 cm³/mol. The number of carbonyl (C=O) groups is 1. The van der Waals surface area contributed by atoms with Crippen LogP contribution in [0, 0.1) is 0 Å². The molecule has 20 heavy (non-hydrogen) atoms. The van der Waals surface area contributed by atoms with Crippen LogP contribution in [0.15, 0.2) is 23.1 Å². The minimum Gasteiger partial charge on any atom is -0.496 e. The highest BCUT2D eigenvalue weighted by Gasteiger charge is 2.21. The van der Waals surface area contributed by atoms with Crippen molar-refractivity contribution < 1.29 is 23.1 Å². The lowest BCUT2D eigenvalue weighted by atomic mass is 10.2. The third-order valence-corrected chi connectivity index (χ3v) is 4.54. The molecular weight excluding hydrogens is 282 g/mol. The van der Waals surface area contributed by atoms with Gasteiger partial charge >= 0.3 is 5.97 Å². The zero-order valence-electron chi connectivity index (χ0n) is 11.7. The first kappa shape index (κ1) is 16.5. The van der Waals surface area contributed by atoms with Gasteiger partial charge in [-0.1, -0.05) is 13.8 Å². The van der Waals surface area contributed by atoms with Crippen LogP contribution in [0.2, 0.25) is 0 Å². The molecule has 1 aromatic rings. The number of rotatable bonds is 7. The molecule has 0 aliphatic heterocycles. The highest BCUT2D eigenvalue weighted by molar-refractivity contribution is 7.89. The summed E-state index contributed by atoms with van der Waals surface area (Å²) in [5.41, 5.74) is -0.181. The Morgan fingerprint density at radius 2 is 1.95 bits per heavy atom. The molecule has 0 heterocycles. The van der Waals surface area contributed by atoms with Gasteiger partial charge in [-0.05, 0) is 31.0 Å². The Morgan fingerprint density at radius 3 is 2.40 bits per heavy atom. The second-order valence-electron chi connectivity index (χ2n) is 4.30. The SMILES string of the molecule is CCC(CC)NS(=O)(=O)c1ccc(OC)c(C(=O)O)c1. The van der Waals surface area contributed by atoms with Crippen LogP contribution in [-0.4, -0.2) is 32.6 Å². The molecule has 0 amide bonds. The first-order chi connectivity index (χ1) is 9.35. The number of hydrogen-bond donors (Lipinski definition) is 2. The van der Waals surface area contributed by atoms with Crippen LogP contribution in [0.5, 0.6) is 5.75 Å². The van der Waals surface area contributed by atoms with E-state index in [4.69, 9.17) is 9.84 Å². The average molecular weight is 301 g/mol. The van der Waals surface area contributed by atoms with E-state index >= 15 is 0 Å². The van der Waals surface area contributed by atoms with E-state index in [1.54, 1.807) is 0 Å². The maximum Gasteiger partial charge on any atom is 0.339 e. The molecule has 0 aromatic heterocycles. The van der Waals surface area contributed by atoms with Gasteiger partial charge in [0.25, 0.3) is 0 Å². The van der Waals surface area contributed by atoms with E-state index in [1.807, 2.05) is 13.8 Å². The third kappa shape index (κ3) is 3.71. The molecule has 1 aromatic carbocycles. The Hall–Kier alpha value is -1.60. The summed E-state index contributed by atoms with van der Waals surface area (Å²) >= 11 is 0. The summed E-state index contributed by atoms with van der Waals surface area (Å²) in [4.78, 5) is 11.0. The van der Waals surface area contributed by atoms with E-state index in [0.29, 0.717) is 12.8 Å². The van der Waals surface area contributed by atoms with Gasteiger partial charge in [-0.25, -0.2) is 17.9 Å². The molecule has 6 nitrogen and oxygen atoms in total. The van der Waals surface area contributed by atoms with Crippen LogP contribution < -0.4 is 9.46 Å². The maximum absolute atomic E-state index is 12.2. The molecule has 112 valence electrons. The second kappa shape index (κ2) is 6.71. The maximum atomic E-state index is 12.2. The molecule has 2 N–H and O–H groups in total. The summed E-state index contributed by atoms with van der Waals surface area (Å²) in [7, 11) is -2.40. The van der Waals surface area contributed by atoms with Crippen LogP contribution in [0.4, 0.5) is 0 Å². The Labute approximate surface area is 118 Å². The molecule has 0 unspecified atom stereocenters. The normalized spacial score (nSPS) is 11.6. The minimum atomic E-state index is -3.73. The Balaban J connectivity index is 3.19. The average Bonchev–Trinajstić information content (AvgIpc) is 2.43. The van der Waals surface area contributed by atoms with Crippen molar-refractivity contribution in [3.8, 4) is 5.75 Å². The Bertz CT molecular complexity index is 578. The highest BCUT2D eigenvalue weighted by Crippen LogP contribution is 2.22. The van der Waals surface area contributed by atoms with Crippen molar-refractivity contribution in [2.75, 3.05) is 7.11 Å². The molecule has 7 heteroatoms. The van der Waals surface area contributed by atoms with Crippen molar-refractivity contribution in [2.24, 2.45) is 0 Å². The van der Waals surface area contributed by atoms with Gasteiger partial charge in [-0.15, -0.1) is 0 Å². The summed E-state index contributed by atoms with van der Waals surface area (Å²) in [5, 5.41) is 9.07. The molecule has 0 saturated carbocycles. The van der Waals surface area contributed by atoms with E-state index < -0.39 is 16.0 Å². The van der Waals surface area contributed by atoms with Gasteiger partial charge in [-0.2, -0.15) is 0 Å². The molecule has 0 aliphatic carbocycles. The standard InChI is InChI=1S/C13H19NO5S/c1-4-9(5-2)14-20(17,18)10-6-7-12(19-3)11(8-10)13(15)16/h6-9,14H,4-5H2,1-3H3,(H,15,16). The van der Waals surface area contributed by atoms with E-state index in [0.717, 1.165) is 6.07 Å². The monoisotopic (exact) mass is 301 g/mol. The van der Waals surface area contributed by atoms with Crippen molar-refractivity contribution in [1.82, 2.24) is 4.72 Å². The fourth-order valence-electron chi connectivity index (χ4n) is 1.76. The quantitative estimate of drug-likeness (QED) is 0.802. The molecule has 0 aliphatic rings. The molecule has 0 fully saturated rings. The van der Waals surface area contributed by atoms with Gasteiger partial charge in [-0.3, -0.25) is 0 Å². The molecule has 0 saturated heterocycles. The predicted octanol–water partition coefficient (Wildman–Crippen LogP) is 1.86. The molecule has 0 atom stereocenters. The first-order valence-corrected chi connectivity index (χ1v) is 7.77. The lowest BCUT2D eigenvalue weighted by molar-refractivity contribution is 0.0693. The summed E-state index contributed by atoms with van der Waals surface area (Å²) in [6.07, 6.45) is 1.33. The number of hydrogen-bond acceptors (Lipinski definition) is 4. The summed E-state index contributed by atoms with van der Waals surface area (Å²) < 4.78 is 31.8. The zero-order valence-corrected chi connectivity index (χ0v) is 12.5. The van der Waals surface area contributed by atoms with Crippen LogP contribution in [0.3, 0.4) is 0 Å². The van der Waals surface area contributed by atoms with Crippen LogP contribution in [0.1, 0.15) is 37.0 Å². The molecular formula is C13H19NO5S. The van der Waals surface area contributed by atoms with Crippen LogP contribution >= 0.6 is 0 Å². The highest BCUT2D eigenvalue weighted by atomic mass is 32.2. The van der Waals surface area contributed by atoms with Gasteiger partial charge in [0.05, 0.1) is 12.0 Å². The smallest absolute Gasteiger partial charge is 0.339 e. The van der Waals surface area contributed by atoms with Gasteiger partial charge in [0.2, 0.25) is 10.0 Å². The minimum absolute atomic E-state index is 0.0809. The fourth-order valence-corrected chi connectivity index (χ4v) is 3.19. The van der Waals surface area contributed by atoms with Crippen molar-refractivity contribution in [3.05, 3.63) is 23.8 Å². The largest absolute Gasteiger partial charge is 0.496 e. The number of aromatic carboxylic acids is 1. The number of sulfonamides is 1. The lowest BCUT2D eigenvalue weighted by Gasteiger charge is -2.15. The van der Waals surface area contributed by atoms with Gasteiger partial charge in [0.15, 0.2) is 0 Å². The number of nitrogens with one attached hydrogen (secondary N) is 1.